The van der Waals surface area contributed by atoms with Crippen LogP contribution in [0.4, 0.5) is 0 Å². The quantitative estimate of drug-likeness (QED) is 0.907. The van der Waals surface area contributed by atoms with Crippen LogP contribution in [0.5, 0.6) is 0 Å². The summed E-state index contributed by atoms with van der Waals surface area (Å²) in [5, 5.41) is 3.70. The van der Waals surface area contributed by atoms with Crippen molar-refractivity contribution < 1.29 is 4.79 Å². The SMILES string of the molecule is CC(=O)NCCn1cnc2cc(Cl)ccc2c1=O. The lowest BCUT2D eigenvalue weighted by molar-refractivity contribution is -0.118. The van der Waals surface area contributed by atoms with Crippen molar-refractivity contribution in [3.63, 3.8) is 0 Å². The molecule has 94 valence electrons. The molecule has 0 aliphatic heterocycles. The third kappa shape index (κ3) is 2.68. The van der Waals surface area contributed by atoms with Gasteiger partial charge in [0.05, 0.1) is 17.2 Å². The molecular weight excluding hydrogens is 254 g/mol. The molecule has 1 N–H and O–H groups in total. The van der Waals surface area contributed by atoms with E-state index in [0.717, 1.165) is 0 Å². The Hall–Kier alpha value is -1.88. The van der Waals surface area contributed by atoms with Gasteiger partial charge in [-0.2, -0.15) is 0 Å². The van der Waals surface area contributed by atoms with E-state index in [-0.39, 0.29) is 11.5 Å². The fraction of sp³-hybridized carbons (Fsp3) is 0.250. The molecule has 0 bridgehead atoms. The third-order valence-electron chi connectivity index (χ3n) is 2.51. The van der Waals surface area contributed by atoms with Crippen LogP contribution in [0.1, 0.15) is 6.92 Å². The van der Waals surface area contributed by atoms with Crippen molar-refractivity contribution in [1.82, 2.24) is 14.9 Å². The molecule has 0 radical (unpaired) electrons. The van der Waals surface area contributed by atoms with Gasteiger partial charge in [0.25, 0.3) is 5.56 Å². The number of benzene rings is 1. The number of rotatable bonds is 3. The second kappa shape index (κ2) is 5.18. The summed E-state index contributed by atoms with van der Waals surface area (Å²) in [4.78, 5) is 27.0. The van der Waals surface area contributed by atoms with E-state index < -0.39 is 0 Å². The minimum Gasteiger partial charge on any atom is -0.355 e. The fourth-order valence-electron chi connectivity index (χ4n) is 1.64. The maximum Gasteiger partial charge on any atom is 0.261 e. The van der Waals surface area contributed by atoms with Crippen LogP contribution in [0, 0.1) is 0 Å². The van der Waals surface area contributed by atoms with Crippen LogP contribution < -0.4 is 10.9 Å². The van der Waals surface area contributed by atoms with Gasteiger partial charge in [0.2, 0.25) is 5.91 Å². The molecule has 2 aromatic rings. The van der Waals surface area contributed by atoms with Crippen molar-refractivity contribution >= 4 is 28.4 Å². The van der Waals surface area contributed by atoms with Crippen molar-refractivity contribution in [1.29, 1.82) is 0 Å². The fourth-order valence-corrected chi connectivity index (χ4v) is 1.81. The number of hydrogen-bond acceptors (Lipinski definition) is 3. The Morgan fingerprint density at radius 1 is 1.50 bits per heavy atom. The Morgan fingerprint density at radius 2 is 2.28 bits per heavy atom. The first kappa shape index (κ1) is 12.6. The summed E-state index contributed by atoms with van der Waals surface area (Å²) in [5.74, 6) is -0.122. The summed E-state index contributed by atoms with van der Waals surface area (Å²) in [6.07, 6.45) is 1.46. The van der Waals surface area contributed by atoms with Crippen LogP contribution in [0.15, 0.2) is 29.3 Å². The zero-order chi connectivity index (χ0) is 13.1. The average molecular weight is 266 g/mol. The first-order valence-corrected chi connectivity index (χ1v) is 5.85. The van der Waals surface area contributed by atoms with Crippen LogP contribution in [-0.4, -0.2) is 22.0 Å². The number of halogens is 1. The van der Waals surface area contributed by atoms with Crippen molar-refractivity contribution in [2.45, 2.75) is 13.5 Å². The Bertz CT molecular complexity index is 651. The van der Waals surface area contributed by atoms with E-state index in [1.54, 1.807) is 18.2 Å². The number of aromatic nitrogens is 2. The molecule has 0 saturated carbocycles. The molecule has 0 aliphatic rings. The van der Waals surface area contributed by atoms with Gasteiger partial charge in [-0.3, -0.25) is 14.2 Å². The minimum atomic E-state index is -0.137. The lowest BCUT2D eigenvalue weighted by atomic mass is 10.2. The van der Waals surface area contributed by atoms with Crippen molar-refractivity contribution in [3.8, 4) is 0 Å². The molecule has 5 nitrogen and oxygen atoms in total. The van der Waals surface area contributed by atoms with Crippen molar-refractivity contribution in [3.05, 3.63) is 39.9 Å². The molecule has 2 rings (SSSR count). The predicted octanol–water partition coefficient (Wildman–Crippen LogP) is 1.19. The number of nitrogens with zero attached hydrogens (tertiary/aromatic N) is 2. The van der Waals surface area contributed by atoms with Gasteiger partial charge in [0, 0.05) is 25.0 Å². The second-order valence-corrected chi connectivity index (χ2v) is 4.32. The van der Waals surface area contributed by atoms with Gasteiger partial charge in [-0.05, 0) is 18.2 Å². The predicted molar refractivity (Wildman–Crippen MR) is 69.7 cm³/mol. The summed E-state index contributed by atoms with van der Waals surface area (Å²) in [6.45, 7) is 2.23. The molecule has 0 unspecified atom stereocenters. The van der Waals surface area contributed by atoms with E-state index in [0.29, 0.717) is 29.0 Å². The maximum absolute atomic E-state index is 12.1. The van der Waals surface area contributed by atoms with Gasteiger partial charge in [0.15, 0.2) is 0 Å². The van der Waals surface area contributed by atoms with Gasteiger partial charge >= 0.3 is 0 Å². The van der Waals surface area contributed by atoms with Crippen LogP contribution in [0.3, 0.4) is 0 Å². The number of nitrogens with one attached hydrogen (secondary N) is 1. The molecule has 0 aliphatic carbocycles. The Morgan fingerprint density at radius 3 is 3.00 bits per heavy atom. The molecule has 0 spiro atoms. The first-order chi connectivity index (χ1) is 8.58. The number of amides is 1. The monoisotopic (exact) mass is 265 g/mol. The smallest absolute Gasteiger partial charge is 0.261 e. The van der Waals surface area contributed by atoms with Gasteiger partial charge in [-0.1, -0.05) is 11.6 Å². The highest BCUT2D eigenvalue weighted by molar-refractivity contribution is 6.31. The number of carbonyl (C=O) groups is 1. The number of hydrogen-bond donors (Lipinski definition) is 1. The lowest BCUT2D eigenvalue weighted by Gasteiger charge is -2.07. The van der Waals surface area contributed by atoms with Gasteiger partial charge in [-0.15, -0.1) is 0 Å². The Kier molecular flexibility index (Phi) is 3.62. The maximum atomic E-state index is 12.1. The molecule has 0 saturated heterocycles. The molecule has 0 atom stereocenters. The highest BCUT2D eigenvalue weighted by Gasteiger charge is 2.04. The molecule has 1 aromatic heterocycles. The van der Waals surface area contributed by atoms with Gasteiger partial charge in [-0.25, -0.2) is 4.98 Å². The summed E-state index contributed by atoms with van der Waals surface area (Å²) < 4.78 is 1.46. The molecular formula is C12H12ClN3O2. The van der Waals surface area contributed by atoms with E-state index >= 15 is 0 Å². The zero-order valence-electron chi connectivity index (χ0n) is 9.81. The minimum absolute atomic E-state index is 0.122. The van der Waals surface area contributed by atoms with E-state index in [1.165, 1.54) is 17.8 Å². The van der Waals surface area contributed by atoms with Gasteiger partial charge in [0.1, 0.15) is 0 Å². The molecule has 18 heavy (non-hydrogen) atoms. The first-order valence-electron chi connectivity index (χ1n) is 5.47. The number of fused-ring (bicyclic) bond motifs is 1. The lowest BCUT2D eigenvalue weighted by Crippen LogP contribution is -2.29. The molecule has 1 aromatic carbocycles. The summed E-state index contributed by atoms with van der Waals surface area (Å²) >= 11 is 5.83. The van der Waals surface area contributed by atoms with Crippen LogP contribution in [0.2, 0.25) is 5.02 Å². The van der Waals surface area contributed by atoms with Crippen molar-refractivity contribution in [2.24, 2.45) is 0 Å². The molecule has 1 heterocycles. The summed E-state index contributed by atoms with van der Waals surface area (Å²) in [5.41, 5.74) is 0.435. The standard InChI is InChI=1S/C12H12ClN3O2/c1-8(17)14-4-5-16-7-15-11-6-9(13)2-3-10(11)12(16)18/h2-3,6-7H,4-5H2,1H3,(H,14,17). The molecule has 0 fully saturated rings. The van der Waals surface area contributed by atoms with Crippen molar-refractivity contribution in [2.75, 3.05) is 6.54 Å². The zero-order valence-corrected chi connectivity index (χ0v) is 10.6. The topological polar surface area (TPSA) is 64.0 Å². The van der Waals surface area contributed by atoms with Gasteiger partial charge < -0.3 is 5.32 Å². The highest BCUT2D eigenvalue weighted by Crippen LogP contribution is 2.13. The Balaban J connectivity index is 2.30. The van der Waals surface area contributed by atoms with E-state index in [2.05, 4.69) is 10.3 Å². The molecule has 1 amide bonds. The van der Waals surface area contributed by atoms with E-state index in [4.69, 9.17) is 11.6 Å². The largest absolute Gasteiger partial charge is 0.355 e. The van der Waals surface area contributed by atoms with E-state index in [9.17, 15) is 9.59 Å². The second-order valence-electron chi connectivity index (χ2n) is 3.89. The third-order valence-corrected chi connectivity index (χ3v) is 2.75. The molecule has 6 heteroatoms. The summed E-state index contributed by atoms with van der Waals surface area (Å²) in [7, 11) is 0. The Labute approximate surface area is 108 Å². The van der Waals surface area contributed by atoms with Crippen LogP contribution >= 0.6 is 11.6 Å². The van der Waals surface area contributed by atoms with Crippen LogP contribution in [0.25, 0.3) is 10.9 Å². The van der Waals surface area contributed by atoms with E-state index in [1.807, 2.05) is 0 Å². The number of carbonyl (C=O) groups excluding carboxylic acids is 1. The normalized spacial score (nSPS) is 10.6. The van der Waals surface area contributed by atoms with Crippen LogP contribution in [-0.2, 0) is 11.3 Å². The average Bonchev–Trinajstić information content (AvgIpc) is 2.31. The highest BCUT2D eigenvalue weighted by atomic mass is 35.5. The summed E-state index contributed by atoms with van der Waals surface area (Å²) in [6, 6.07) is 4.96.